The van der Waals surface area contributed by atoms with E-state index in [-0.39, 0.29) is 5.91 Å². The molecular weight excluding hydrogens is 334 g/mol. The summed E-state index contributed by atoms with van der Waals surface area (Å²) in [7, 11) is 0. The molecule has 2 aromatic rings. The van der Waals surface area contributed by atoms with Gasteiger partial charge in [0.15, 0.2) is 0 Å². The van der Waals surface area contributed by atoms with E-state index in [1.54, 1.807) is 11.8 Å². The minimum atomic E-state index is 0.0168. The second kappa shape index (κ2) is 8.38. The van der Waals surface area contributed by atoms with Crippen LogP contribution in [0, 0.1) is 0 Å². The number of allylic oxidation sites excluding steroid dienone is 1. The molecule has 0 saturated heterocycles. The van der Waals surface area contributed by atoms with Crippen molar-refractivity contribution in [2.24, 2.45) is 0 Å². The van der Waals surface area contributed by atoms with Gasteiger partial charge in [-0.05, 0) is 61.8 Å². The number of hydrogen-bond donors (Lipinski definition) is 1. The number of aromatic nitrogens is 1. The average Bonchev–Trinajstić information content (AvgIpc) is 2.74. The van der Waals surface area contributed by atoms with Gasteiger partial charge in [0.2, 0.25) is 0 Å². The first kappa shape index (κ1) is 17.8. The molecule has 1 aliphatic carbocycles. The number of benzene rings is 1. The van der Waals surface area contributed by atoms with E-state index in [0.29, 0.717) is 12.2 Å². The number of pyridine rings is 1. The lowest BCUT2D eigenvalue weighted by molar-refractivity contribution is 0.0729. The Kier molecular flexibility index (Phi) is 5.52. The number of carbonyl (C=O) groups is 1. The van der Waals surface area contributed by atoms with E-state index in [2.05, 4.69) is 34.6 Å². The summed E-state index contributed by atoms with van der Waals surface area (Å²) >= 11 is 0. The van der Waals surface area contributed by atoms with Crippen molar-refractivity contribution in [1.82, 2.24) is 9.88 Å². The van der Waals surface area contributed by atoms with E-state index in [1.165, 1.54) is 36.8 Å². The second-order valence-corrected chi connectivity index (χ2v) is 7.46. The molecule has 4 heteroatoms. The SMILES string of the molecule is O=C(c1cc(NCCC2=CCCCC2)ccn1)N1CCc2ccccc2C1. The Balaban J connectivity index is 1.37. The highest BCUT2D eigenvalue weighted by molar-refractivity contribution is 5.93. The number of carbonyl (C=O) groups excluding carboxylic acids is 1. The Morgan fingerprint density at radius 1 is 1.11 bits per heavy atom. The van der Waals surface area contributed by atoms with Gasteiger partial charge in [-0.1, -0.05) is 35.9 Å². The van der Waals surface area contributed by atoms with Crippen molar-refractivity contribution < 1.29 is 4.79 Å². The molecule has 0 saturated carbocycles. The molecular formula is C23H27N3O. The second-order valence-electron chi connectivity index (χ2n) is 7.46. The summed E-state index contributed by atoms with van der Waals surface area (Å²) in [6.45, 7) is 2.33. The van der Waals surface area contributed by atoms with Gasteiger partial charge in [-0.3, -0.25) is 9.78 Å². The summed E-state index contributed by atoms with van der Waals surface area (Å²) in [4.78, 5) is 19.1. The van der Waals surface area contributed by atoms with E-state index >= 15 is 0 Å². The molecule has 4 nitrogen and oxygen atoms in total. The van der Waals surface area contributed by atoms with Gasteiger partial charge >= 0.3 is 0 Å². The van der Waals surface area contributed by atoms with Crippen molar-refractivity contribution in [2.75, 3.05) is 18.4 Å². The number of nitrogens with one attached hydrogen (secondary N) is 1. The third-order valence-electron chi connectivity index (χ3n) is 5.56. The van der Waals surface area contributed by atoms with E-state index in [1.807, 2.05) is 23.1 Å². The summed E-state index contributed by atoms with van der Waals surface area (Å²) in [6.07, 6.45) is 11.2. The molecule has 1 aliphatic heterocycles. The standard InChI is InChI=1S/C23H27N3O/c27-23(26-15-12-19-8-4-5-9-20(19)17-26)22-16-21(11-14-25-22)24-13-10-18-6-2-1-3-7-18/h4-6,8-9,11,14,16H,1-3,7,10,12-13,15,17H2,(H,24,25). The van der Waals surface area contributed by atoms with Crippen LogP contribution in [-0.2, 0) is 13.0 Å². The van der Waals surface area contributed by atoms with Crippen molar-refractivity contribution >= 4 is 11.6 Å². The number of fused-ring (bicyclic) bond motifs is 1. The molecule has 2 heterocycles. The minimum Gasteiger partial charge on any atom is -0.385 e. The predicted octanol–water partition coefficient (Wildman–Crippen LogP) is 4.58. The van der Waals surface area contributed by atoms with Crippen LogP contribution in [0.3, 0.4) is 0 Å². The van der Waals surface area contributed by atoms with Gasteiger partial charge in [-0.15, -0.1) is 0 Å². The maximum atomic E-state index is 12.9. The lowest BCUT2D eigenvalue weighted by Gasteiger charge is -2.28. The lowest BCUT2D eigenvalue weighted by Crippen LogP contribution is -2.36. The molecule has 0 atom stereocenters. The fraction of sp³-hybridized carbons (Fsp3) is 0.391. The van der Waals surface area contributed by atoms with E-state index in [0.717, 1.165) is 31.6 Å². The van der Waals surface area contributed by atoms with Crippen LogP contribution in [0.15, 0.2) is 54.2 Å². The van der Waals surface area contributed by atoms with Crippen molar-refractivity contribution in [2.45, 2.75) is 45.1 Å². The fourth-order valence-corrected chi connectivity index (χ4v) is 3.99. The zero-order chi connectivity index (χ0) is 18.5. The third-order valence-corrected chi connectivity index (χ3v) is 5.56. The van der Waals surface area contributed by atoms with Crippen molar-refractivity contribution in [3.63, 3.8) is 0 Å². The number of hydrogen-bond acceptors (Lipinski definition) is 3. The zero-order valence-electron chi connectivity index (χ0n) is 15.8. The molecule has 0 spiro atoms. The van der Waals surface area contributed by atoms with Crippen LogP contribution in [-0.4, -0.2) is 28.9 Å². The van der Waals surface area contributed by atoms with Gasteiger partial charge < -0.3 is 10.2 Å². The molecule has 4 rings (SSSR count). The Morgan fingerprint density at radius 3 is 2.85 bits per heavy atom. The van der Waals surface area contributed by atoms with Crippen LogP contribution in [0.1, 0.15) is 53.7 Å². The topological polar surface area (TPSA) is 45.2 Å². The molecule has 0 bridgehead atoms. The molecule has 1 aromatic heterocycles. The summed E-state index contributed by atoms with van der Waals surface area (Å²) in [5.74, 6) is 0.0168. The Labute approximate surface area is 161 Å². The lowest BCUT2D eigenvalue weighted by atomic mass is 9.97. The van der Waals surface area contributed by atoms with E-state index in [4.69, 9.17) is 0 Å². The summed E-state index contributed by atoms with van der Waals surface area (Å²) in [5, 5.41) is 3.45. The quantitative estimate of drug-likeness (QED) is 0.793. The molecule has 0 unspecified atom stereocenters. The van der Waals surface area contributed by atoms with Gasteiger partial charge in [0.25, 0.3) is 5.91 Å². The van der Waals surface area contributed by atoms with Gasteiger partial charge in [-0.2, -0.15) is 0 Å². The smallest absolute Gasteiger partial charge is 0.272 e. The molecule has 1 aromatic carbocycles. The highest BCUT2D eigenvalue weighted by atomic mass is 16.2. The van der Waals surface area contributed by atoms with Gasteiger partial charge in [0, 0.05) is 31.5 Å². The highest BCUT2D eigenvalue weighted by Crippen LogP contribution is 2.22. The van der Waals surface area contributed by atoms with Crippen molar-refractivity contribution in [3.8, 4) is 0 Å². The fourth-order valence-electron chi connectivity index (χ4n) is 3.99. The zero-order valence-corrected chi connectivity index (χ0v) is 15.8. The molecule has 140 valence electrons. The normalized spacial score (nSPS) is 16.4. The first-order chi connectivity index (χ1) is 13.3. The number of rotatable bonds is 5. The maximum Gasteiger partial charge on any atom is 0.272 e. The molecule has 2 aliphatic rings. The van der Waals surface area contributed by atoms with Gasteiger partial charge in [0.05, 0.1) is 0 Å². The van der Waals surface area contributed by atoms with Crippen LogP contribution in [0.25, 0.3) is 0 Å². The largest absolute Gasteiger partial charge is 0.385 e. The van der Waals surface area contributed by atoms with Crippen LogP contribution in [0.4, 0.5) is 5.69 Å². The van der Waals surface area contributed by atoms with Gasteiger partial charge in [-0.25, -0.2) is 0 Å². The summed E-state index contributed by atoms with van der Waals surface area (Å²) < 4.78 is 0. The van der Waals surface area contributed by atoms with Crippen LogP contribution in [0.5, 0.6) is 0 Å². The average molecular weight is 361 g/mol. The predicted molar refractivity (Wildman–Crippen MR) is 109 cm³/mol. The summed E-state index contributed by atoms with van der Waals surface area (Å²) in [6, 6.07) is 12.2. The number of anilines is 1. The molecule has 27 heavy (non-hydrogen) atoms. The molecule has 0 fully saturated rings. The molecule has 1 amide bonds. The molecule has 0 radical (unpaired) electrons. The number of nitrogens with zero attached hydrogens (tertiary/aromatic N) is 2. The van der Waals surface area contributed by atoms with Crippen LogP contribution < -0.4 is 5.32 Å². The number of amides is 1. The minimum absolute atomic E-state index is 0.0168. The Morgan fingerprint density at radius 2 is 2.00 bits per heavy atom. The summed E-state index contributed by atoms with van der Waals surface area (Å²) in [5.41, 5.74) is 5.65. The van der Waals surface area contributed by atoms with Gasteiger partial charge in [0.1, 0.15) is 5.69 Å². The maximum absolute atomic E-state index is 12.9. The monoisotopic (exact) mass is 361 g/mol. The first-order valence-electron chi connectivity index (χ1n) is 10.0. The third kappa shape index (κ3) is 4.38. The van der Waals surface area contributed by atoms with E-state index in [9.17, 15) is 4.79 Å². The van der Waals surface area contributed by atoms with Crippen LogP contribution in [0.2, 0.25) is 0 Å². The van der Waals surface area contributed by atoms with E-state index < -0.39 is 0 Å². The first-order valence-corrected chi connectivity index (χ1v) is 10.0. The Hall–Kier alpha value is -2.62. The molecule has 1 N–H and O–H groups in total. The van der Waals surface area contributed by atoms with Crippen LogP contribution >= 0.6 is 0 Å². The highest BCUT2D eigenvalue weighted by Gasteiger charge is 2.22. The van der Waals surface area contributed by atoms with Crippen molar-refractivity contribution in [3.05, 3.63) is 71.1 Å². The van der Waals surface area contributed by atoms with Crippen molar-refractivity contribution in [1.29, 1.82) is 0 Å². The Bertz CT molecular complexity index is 843.